The van der Waals surface area contributed by atoms with Crippen molar-refractivity contribution in [2.75, 3.05) is 38.0 Å². The Kier molecular flexibility index (Phi) is 5.76. The smallest absolute Gasteiger partial charge is 0.243 e. The van der Waals surface area contributed by atoms with E-state index in [0.717, 1.165) is 32.4 Å². The van der Waals surface area contributed by atoms with Crippen LogP contribution in [0.5, 0.6) is 0 Å². The lowest BCUT2D eigenvalue weighted by Gasteiger charge is -2.30. The maximum absolute atomic E-state index is 12.5. The summed E-state index contributed by atoms with van der Waals surface area (Å²) in [6.45, 7) is 5.71. The highest BCUT2D eigenvalue weighted by molar-refractivity contribution is 7.89. The molecule has 3 rings (SSSR count). The first-order chi connectivity index (χ1) is 11.9. The summed E-state index contributed by atoms with van der Waals surface area (Å²) in [5.41, 5.74) is 0.635. The van der Waals surface area contributed by atoms with E-state index in [1.165, 1.54) is 10.7 Å². The van der Waals surface area contributed by atoms with E-state index < -0.39 is 10.0 Å². The van der Waals surface area contributed by atoms with Crippen molar-refractivity contribution in [1.82, 2.24) is 9.21 Å². The molecule has 1 aromatic rings. The van der Waals surface area contributed by atoms with Crippen LogP contribution < -0.4 is 5.32 Å². The zero-order valence-electron chi connectivity index (χ0n) is 14.8. The summed E-state index contributed by atoms with van der Waals surface area (Å²) in [5.74, 6) is 0.584. The highest BCUT2D eigenvalue weighted by atomic mass is 32.2. The van der Waals surface area contributed by atoms with E-state index in [1.807, 2.05) is 0 Å². The summed E-state index contributed by atoms with van der Waals surface area (Å²) in [5, 5.41) is 2.86. The number of piperidine rings is 1. The molecule has 0 aliphatic carbocycles. The minimum absolute atomic E-state index is 0.0516. The molecule has 138 valence electrons. The number of hydrogen-bond donors (Lipinski definition) is 1. The number of nitrogens with one attached hydrogen (secondary N) is 1. The van der Waals surface area contributed by atoms with Gasteiger partial charge in [-0.1, -0.05) is 6.92 Å². The van der Waals surface area contributed by atoms with Crippen LogP contribution in [0, 0.1) is 5.92 Å². The number of hydrogen-bond acceptors (Lipinski definition) is 4. The van der Waals surface area contributed by atoms with Gasteiger partial charge in [-0.15, -0.1) is 0 Å². The molecule has 1 N–H and O–H groups in total. The molecular weight excluding hydrogens is 338 g/mol. The molecule has 0 bridgehead atoms. The number of amides is 1. The van der Waals surface area contributed by atoms with Crippen molar-refractivity contribution in [2.45, 2.75) is 37.5 Å². The molecular formula is C18H27N3O3S. The molecule has 0 unspecified atom stereocenters. The van der Waals surface area contributed by atoms with E-state index >= 15 is 0 Å². The Morgan fingerprint density at radius 3 is 2.44 bits per heavy atom. The van der Waals surface area contributed by atoms with Crippen LogP contribution in [0.2, 0.25) is 0 Å². The standard InChI is InChI=1S/C18H27N3O3S/c1-15-5-4-10-20(13-15)14-18(22)19-16-6-8-17(9-7-16)25(23,24)21-11-2-3-12-21/h6-9,15H,2-5,10-14H2,1H3,(H,19,22)/t15-/m1/s1. The van der Waals surface area contributed by atoms with Crippen LogP contribution >= 0.6 is 0 Å². The van der Waals surface area contributed by atoms with E-state index in [4.69, 9.17) is 0 Å². The minimum Gasteiger partial charge on any atom is -0.325 e. The molecule has 2 aliphatic heterocycles. The first kappa shape index (κ1) is 18.4. The van der Waals surface area contributed by atoms with Gasteiger partial charge < -0.3 is 5.32 Å². The SMILES string of the molecule is C[C@@H]1CCCN(CC(=O)Nc2ccc(S(=O)(=O)N3CCCC3)cc2)C1. The lowest BCUT2D eigenvalue weighted by molar-refractivity contribution is -0.117. The lowest BCUT2D eigenvalue weighted by Crippen LogP contribution is -2.39. The normalized spacial score (nSPS) is 22.8. The predicted octanol–water partition coefficient (Wildman–Crippen LogP) is 2.14. The average molecular weight is 365 g/mol. The third kappa shape index (κ3) is 4.59. The summed E-state index contributed by atoms with van der Waals surface area (Å²) >= 11 is 0. The highest BCUT2D eigenvalue weighted by Gasteiger charge is 2.27. The Bertz CT molecular complexity index is 697. The molecule has 6 nitrogen and oxygen atoms in total. The van der Waals surface area contributed by atoms with Crippen molar-refractivity contribution in [3.63, 3.8) is 0 Å². The van der Waals surface area contributed by atoms with E-state index in [0.29, 0.717) is 31.2 Å². The van der Waals surface area contributed by atoms with Crippen LogP contribution in [-0.2, 0) is 14.8 Å². The Labute approximate surface area is 150 Å². The van der Waals surface area contributed by atoms with Crippen LogP contribution in [0.15, 0.2) is 29.2 Å². The van der Waals surface area contributed by atoms with Crippen molar-refractivity contribution in [3.05, 3.63) is 24.3 Å². The van der Waals surface area contributed by atoms with Gasteiger partial charge in [0, 0.05) is 25.3 Å². The number of carbonyl (C=O) groups is 1. The molecule has 2 aliphatic rings. The third-order valence-electron chi connectivity index (χ3n) is 4.95. The zero-order chi connectivity index (χ0) is 17.9. The van der Waals surface area contributed by atoms with Crippen molar-refractivity contribution in [3.8, 4) is 0 Å². The van der Waals surface area contributed by atoms with Gasteiger partial charge in [0.1, 0.15) is 0 Å². The largest absolute Gasteiger partial charge is 0.325 e. The van der Waals surface area contributed by atoms with Gasteiger partial charge in [-0.05, 0) is 62.4 Å². The molecule has 1 atom stereocenters. The van der Waals surface area contributed by atoms with Crippen LogP contribution in [0.4, 0.5) is 5.69 Å². The molecule has 0 aromatic heterocycles. The molecule has 1 amide bonds. The van der Waals surface area contributed by atoms with Gasteiger partial charge in [-0.2, -0.15) is 4.31 Å². The van der Waals surface area contributed by atoms with Crippen molar-refractivity contribution >= 4 is 21.6 Å². The quantitative estimate of drug-likeness (QED) is 0.868. The topological polar surface area (TPSA) is 69.7 Å². The first-order valence-electron chi connectivity index (χ1n) is 9.07. The summed E-state index contributed by atoms with van der Waals surface area (Å²) in [4.78, 5) is 14.7. The van der Waals surface area contributed by atoms with Crippen molar-refractivity contribution in [2.24, 2.45) is 5.92 Å². The highest BCUT2D eigenvalue weighted by Crippen LogP contribution is 2.22. The number of rotatable bonds is 5. The first-order valence-corrected chi connectivity index (χ1v) is 10.5. The van der Waals surface area contributed by atoms with Crippen molar-refractivity contribution in [1.29, 1.82) is 0 Å². The lowest BCUT2D eigenvalue weighted by atomic mass is 10.0. The Hall–Kier alpha value is -1.44. The fourth-order valence-electron chi connectivity index (χ4n) is 3.62. The molecule has 1 aromatic carbocycles. The number of nitrogens with zero attached hydrogens (tertiary/aromatic N) is 2. The molecule has 0 spiro atoms. The fourth-order valence-corrected chi connectivity index (χ4v) is 5.14. The zero-order valence-corrected chi connectivity index (χ0v) is 15.6. The Morgan fingerprint density at radius 2 is 1.80 bits per heavy atom. The predicted molar refractivity (Wildman–Crippen MR) is 97.9 cm³/mol. The fraction of sp³-hybridized carbons (Fsp3) is 0.611. The molecule has 2 heterocycles. The second kappa shape index (κ2) is 7.85. The summed E-state index contributed by atoms with van der Waals surface area (Å²) in [6, 6.07) is 6.48. The monoisotopic (exact) mass is 365 g/mol. The van der Waals surface area contributed by atoms with E-state index in [9.17, 15) is 13.2 Å². The maximum atomic E-state index is 12.5. The van der Waals surface area contributed by atoms with Crippen LogP contribution in [0.1, 0.15) is 32.6 Å². The summed E-state index contributed by atoms with van der Waals surface area (Å²) < 4.78 is 26.5. The molecule has 0 saturated carbocycles. The van der Waals surface area contributed by atoms with Crippen LogP contribution in [-0.4, -0.2) is 56.3 Å². The van der Waals surface area contributed by atoms with Crippen molar-refractivity contribution < 1.29 is 13.2 Å². The van der Waals surface area contributed by atoms with Gasteiger partial charge in [0.05, 0.1) is 11.4 Å². The number of sulfonamides is 1. The van der Waals surface area contributed by atoms with Gasteiger partial charge in [0.15, 0.2) is 0 Å². The molecule has 2 saturated heterocycles. The Balaban J connectivity index is 1.58. The van der Waals surface area contributed by atoms with Gasteiger partial charge in [0.25, 0.3) is 0 Å². The molecule has 7 heteroatoms. The Morgan fingerprint density at radius 1 is 1.12 bits per heavy atom. The maximum Gasteiger partial charge on any atom is 0.243 e. The number of benzene rings is 1. The minimum atomic E-state index is -3.40. The number of likely N-dealkylation sites (tertiary alicyclic amines) is 1. The molecule has 25 heavy (non-hydrogen) atoms. The van der Waals surface area contributed by atoms with E-state index in [1.54, 1.807) is 24.3 Å². The third-order valence-corrected chi connectivity index (χ3v) is 6.86. The van der Waals surface area contributed by atoms with Gasteiger partial charge in [-0.25, -0.2) is 8.42 Å². The van der Waals surface area contributed by atoms with Crippen LogP contribution in [0.3, 0.4) is 0 Å². The summed E-state index contributed by atoms with van der Waals surface area (Å²) in [6.07, 6.45) is 4.20. The number of anilines is 1. The van der Waals surface area contributed by atoms with Gasteiger partial charge in [-0.3, -0.25) is 9.69 Å². The van der Waals surface area contributed by atoms with E-state index in [-0.39, 0.29) is 10.8 Å². The summed E-state index contributed by atoms with van der Waals surface area (Å²) in [7, 11) is -3.40. The second-order valence-electron chi connectivity index (χ2n) is 7.17. The van der Waals surface area contributed by atoms with Gasteiger partial charge >= 0.3 is 0 Å². The average Bonchev–Trinajstić information content (AvgIpc) is 3.10. The second-order valence-corrected chi connectivity index (χ2v) is 9.10. The van der Waals surface area contributed by atoms with Gasteiger partial charge in [0.2, 0.25) is 15.9 Å². The number of carbonyl (C=O) groups excluding carboxylic acids is 1. The van der Waals surface area contributed by atoms with E-state index in [2.05, 4.69) is 17.1 Å². The van der Waals surface area contributed by atoms with Crippen LogP contribution in [0.25, 0.3) is 0 Å². The molecule has 2 fully saturated rings. The molecule has 0 radical (unpaired) electrons.